The van der Waals surface area contributed by atoms with E-state index >= 15 is 0 Å². The third-order valence-corrected chi connectivity index (χ3v) is 2.81. The van der Waals surface area contributed by atoms with Gasteiger partial charge in [-0.15, -0.1) is 0 Å². The highest BCUT2D eigenvalue weighted by Crippen LogP contribution is 2.23. The number of ether oxygens (including phenoxy) is 1. The lowest BCUT2D eigenvalue weighted by atomic mass is 9.99. The summed E-state index contributed by atoms with van der Waals surface area (Å²) in [6, 6.07) is 16.0. The molecule has 4 nitrogen and oxygen atoms in total. The second-order valence-electron chi connectivity index (χ2n) is 4.07. The van der Waals surface area contributed by atoms with Gasteiger partial charge in [0.25, 0.3) is 0 Å². The van der Waals surface area contributed by atoms with Gasteiger partial charge in [-0.1, -0.05) is 42.5 Å². The van der Waals surface area contributed by atoms with Crippen LogP contribution in [0.2, 0.25) is 0 Å². The number of aromatic hydroxyl groups is 1. The molecule has 1 unspecified atom stereocenters. The molecule has 2 aromatic rings. The van der Waals surface area contributed by atoms with Crippen molar-refractivity contribution in [2.45, 2.75) is 6.04 Å². The molecule has 0 heterocycles. The van der Waals surface area contributed by atoms with Crippen LogP contribution in [0.4, 0.5) is 4.79 Å². The van der Waals surface area contributed by atoms with E-state index < -0.39 is 6.09 Å². The summed E-state index contributed by atoms with van der Waals surface area (Å²) in [5.41, 5.74) is 1.81. The second kappa shape index (κ2) is 5.91. The van der Waals surface area contributed by atoms with Crippen LogP contribution in [0.15, 0.2) is 54.6 Å². The summed E-state index contributed by atoms with van der Waals surface area (Å²) in [6.45, 7) is 0. The zero-order valence-electron chi connectivity index (χ0n) is 10.5. The number of benzene rings is 2. The van der Waals surface area contributed by atoms with E-state index in [1.54, 1.807) is 24.3 Å². The van der Waals surface area contributed by atoms with Crippen molar-refractivity contribution in [2.75, 3.05) is 7.11 Å². The molecule has 1 amide bonds. The minimum absolute atomic E-state index is 0.189. The maximum Gasteiger partial charge on any atom is 0.407 e. The Balaban J connectivity index is 2.34. The maximum atomic E-state index is 11.5. The summed E-state index contributed by atoms with van der Waals surface area (Å²) in [6.07, 6.45) is -0.498. The van der Waals surface area contributed by atoms with E-state index in [9.17, 15) is 9.90 Å². The first kappa shape index (κ1) is 13.0. The molecule has 0 aliphatic carbocycles. The summed E-state index contributed by atoms with van der Waals surface area (Å²) < 4.78 is 4.65. The number of alkyl carbamates (subject to hydrolysis) is 1. The number of methoxy groups -OCH3 is 1. The molecule has 0 spiro atoms. The molecule has 0 aromatic heterocycles. The van der Waals surface area contributed by atoms with Gasteiger partial charge in [-0.25, -0.2) is 4.79 Å². The van der Waals surface area contributed by atoms with E-state index in [1.807, 2.05) is 30.3 Å². The maximum absolute atomic E-state index is 11.5. The first-order valence-corrected chi connectivity index (χ1v) is 5.89. The SMILES string of the molecule is COC(=O)NC(c1ccccc1)c1ccc(O)cc1. The number of carbonyl (C=O) groups is 1. The fraction of sp³-hybridized carbons (Fsp3) is 0.133. The predicted octanol–water partition coefficient (Wildman–Crippen LogP) is 2.84. The van der Waals surface area contributed by atoms with Crippen LogP contribution in [0, 0.1) is 0 Å². The monoisotopic (exact) mass is 257 g/mol. The quantitative estimate of drug-likeness (QED) is 0.888. The van der Waals surface area contributed by atoms with Crippen molar-refractivity contribution in [3.63, 3.8) is 0 Å². The minimum atomic E-state index is -0.498. The number of nitrogens with one attached hydrogen (secondary N) is 1. The van der Waals surface area contributed by atoms with Crippen molar-refractivity contribution >= 4 is 6.09 Å². The first-order valence-electron chi connectivity index (χ1n) is 5.89. The fourth-order valence-corrected chi connectivity index (χ4v) is 1.85. The Morgan fingerprint density at radius 2 is 1.63 bits per heavy atom. The summed E-state index contributed by atoms with van der Waals surface area (Å²) >= 11 is 0. The number of amides is 1. The Labute approximate surface area is 111 Å². The molecule has 2 aromatic carbocycles. The Kier molecular flexibility index (Phi) is 4.03. The third-order valence-electron chi connectivity index (χ3n) is 2.81. The summed E-state index contributed by atoms with van der Waals surface area (Å²) in [5.74, 6) is 0.189. The largest absolute Gasteiger partial charge is 0.508 e. The highest BCUT2D eigenvalue weighted by molar-refractivity contribution is 5.68. The topological polar surface area (TPSA) is 58.6 Å². The first-order chi connectivity index (χ1) is 9.20. The Morgan fingerprint density at radius 1 is 1.05 bits per heavy atom. The lowest BCUT2D eigenvalue weighted by Crippen LogP contribution is -2.29. The number of hydrogen-bond donors (Lipinski definition) is 2. The molecule has 0 fully saturated rings. The van der Waals surface area contributed by atoms with Crippen LogP contribution in [0.1, 0.15) is 17.2 Å². The van der Waals surface area contributed by atoms with Crippen LogP contribution in [-0.2, 0) is 4.74 Å². The molecule has 1 atom stereocenters. The number of hydrogen-bond acceptors (Lipinski definition) is 3. The average Bonchev–Trinajstić information content (AvgIpc) is 2.46. The van der Waals surface area contributed by atoms with Gasteiger partial charge in [0, 0.05) is 0 Å². The molecule has 0 radical (unpaired) electrons. The van der Waals surface area contributed by atoms with Crippen LogP contribution >= 0.6 is 0 Å². The molecular weight excluding hydrogens is 242 g/mol. The zero-order valence-corrected chi connectivity index (χ0v) is 10.5. The fourth-order valence-electron chi connectivity index (χ4n) is 1.85. The van der Waals surface area contributed by atoms with Gasteiger partial charge in [-0.05, 0) is 23.3 Å². The van der Waals surface area contributed by atoms with E-state index in [0.29, 0.717) is 0 Å². The minimum Gasteiger partial charge on any atom is -0.508 e. The number of carbonyl (C=O) groups excluding carboxylic acids is 1. The summed E-state index contributed by atoms with van der Waals surface area (Å²) in [4.78, 5) is 11.5. The van der Waals surface area contributed by atoms with Crippen molar-refractivity contribution in [3.8, 4) is 5.75 Å². The molecule has 98 valence electrons. The van der Waals surface area contributed by atoms with Crippen molar-refractivity contribution in [1.29, 1.82) is 0 Å². The van der Waals surface area contributed by atoms with E-state index in [-0.39, 0.29) is 11.8 Å². The number of phenolic OH excluding ortho intramolecular Hbond substituents is 1. The molecule has 0 bridgehead atoms. The Morgan fingerprint density at radius 3 is 2.21 bits per heavy atom. The van der Waals surface area contributed by atoms with E-state index in [4.69, 9.17) is 0 Å². The van der Waals surface area contributed by atoms with E-state index in [1.165, 1.54) is 7.11 Å². The molecule has 0 saturated heterocycles. The van der Waals surface area contributed by atoms with Crippen molar-refractivity contribution in [2.24, 2.45) is 0 Å². The molecule has 0 saturated carbocycles. The predicted molar refractivity (Wildman–Crippen MR) is 71.9 cm³/mol. The lowest BCUT2D eigenvalue weighted by Gasteiger charge is -2.19. The highest BCUT2D eigenvalue weighted by atomic mass is 16.5. The van der Waals surface area contributed by atoms with Crippen molar-refractivity contribution < 1.29 is 14.6 Å². The van der Waals surface area contributed by atoms with Crippen LogP contribution < -0.4 is 5.32 Å². The van der Waals surface area contributed by atoms with Crippen LogP contribution in [0.3, 0.4) is 0 Å². The van der Waals surface area contributed by atoms with Gasteiger partial charge < -0.3 is 15.2 Å². The second-order valence-corrected chi connectivity index (χ2v) is 4.07. The number of phenols is 1. The molecule has 19 heavy (non-hydrogen) atoms. The van der Waals surface area contributed by atoms with E-state index in [0.717, 1.165) is 11.1 Å². The van der Waals surface area contributed by atoms with E-state index in [2.05, 4.69) is 10.1 Å². The van der Waals surface area contributed by atoms with Gasteiger partial charge in [-0.3, -0.25) is 0 Å². The highest BCUT2D eigenvalue weighted by Gasteiger charge is 2.16. The van der Waals surface area contributed by atoms with Gasteiger partial charge in [0.15, 0.2) is 0 Å². The molecule has 0 aliphatic heterocycles. The average molecular weight is 257 g/mol. The van der Waals surface area contributed by atoms with Gasteiger partial charge in [-0.2, -0.15) is 0 Å². The zero-order chi connectivity index (χ0) is 13.7. The molecule has 2 N–H and O–H groups in total. The van der Waals surface area contributed by atoms with Crippen molar-refractivity contribution in [1.82, 2.24) is 5.32 Å². The molecule has 0 aliphatic rings. The van der Waals surface area contributed by atoms with Crippen molar-refractivity contribution in [3.05, 3.63) is 65.7 Å². The molecule has 4 heteroatoms. The van der Waals surface area contributed by atoms with Gasteiger partial charge in [0.05, 0.1) is 13.2 Å². The standard InChI is InChI=1S/C15H15NO3/c1-19-15(18)16-14(11-5-3-2-4-6-11)12-7-9-13(17)10-8-12/h2-10,14,17H,1H3,(H,16,18). The Hall–Kier alpha value is -2.49. The van der Waals surface area contributed by atoms with Gasteiger partial charge in [0.1, 0.15) is 5.75 Å². The summed E-state index contributed by atoms with van der Waals surface area (Å²) in [5, 5.41) is 12.1. The Bertz CT molecular complexity index is 537. The van der Waals surface area contributed by atoms with Crippen LogP contribution in [0.5, 0.6) is 5.75 Å². The van der Waals surface area contributed by atoms with Gasteiger partial charge in [0.2, 0.25) is 0 Å². The molecule has 2 rings (SSSR count). The number of rotatable bonds is 3. The third kappa shape index (κ3) is 3.25. The van der Waals surface area contributed by atoms with Crippen LogP contribution in [0.25, 0.3) is 0 Å². The normalized spacial score (nSPS) is 11.6. The molecular formula is C15H15NO3. The lowest BCUT2D eigenvalue weighted by molar-refractivity contribution is 0.168. The smallest absolute Gasteiger partial charge is 0.407 e. The summed E-state index contributed by atoms with van der Waals surface area (Å²) in [7, 11) is 1.33. The van der Waals surface area contributed by atoms with Crippen LogP contribution in [-0.4, -0.2) is 18.3 Å². The van der Waals surface area contributed by atoms with Gasteiger partial charge >= 0.3 is 6.09 Å².